The van der Waals surface area contributed by atoms with E-state index in [1.54, 1.807) is 7.11 Å². The highest BCUT2D eigenvalue weighted by Crippen LogP contribution is 2.34. The van der Waals surface area contributed by atoms with E-state index in [2.05, 4.69) is 33.7 Å². The van der Waals surface area contributed by atoms with Crippen LogP contribution in [0.5, 0.6) is 11.5 Å². The molecule has 4 rings (SSSR count). The Morgan fingerprint density at radius 1 is 0.862 bits per heavy atom. The van der Waals surface area contributed by atoms with Crippen LogP contribution in [-0.2, 0) is 11.3 Å². The van der Waals surface area contributed by atoms with E-state index in [1.807, 2.05) is 65.3 Å². The first-order valence-corrected chi connectivity index (χ1v) is 9.53. The number of tetrazole rings is 1. The molecular weight excluding hydrogens is 364 g/mol. The van der Waals surface area contributed by atoms with E-state index in [-0.39, 0.29) is 0 Å². The van der Waals surface area contributed by atoms with Crippen molar-refractivity contribution in [3.8, 4) is 34.0 Å². The number of rotatable bonds is 8. The number of para-hydroxylation sites is 2. The van der Waals surface area contributed by atoms with Crippen molar-refractivity contribution in [3.63, 3.8) is 0 Å². The molecule has 0 N–H and O–H groups in total. The molecule has 6 nitrogen and oxygen atoms in total. The minimum atomic E-state index is 0.670. The van der Waals surface area contributed by atoms with Gasteiger partial charge < -0.3 is 9.47 Å². The summed E-state index contributed by atoms with van der Waals surface area (Å²) >= 11 is 0. The first kappa shape index (κ1) is 18.8. The van der Waals surface area contributed by atoms with Crippen LogP contribution in [0.3, 0.4) is 0 Å². The number of hydrogen-bond acceptors (Lipinski definition) is 5. The summed E-state index contributed by atoms with van der Waals surface area (Å²) in [5.41, 5.74) is 3.01. The van der Waals surface area contributed by atoms with Gasteiger partial charge in [-0.1, -0.05) is 54.6 Å². The van der Waals surface area contributed by atoms with E-state index in [9.17, 15) is 0 Å². The zero-order valence-electron chi connectivity index (χ0n) is 16.2. The van der Waals surface area contributed by atoms with Crippen LogP contribution in [0.2, 0.25) is 0 Å². The predicted molar refractivity (Wildman–Crippen MR) is 112 cm³/mol. The van der Waals surface area contributed by atoms with E-state index >= 15 is 0 Å². The van der Waals surface area contributed by atoms with Gasteiger partial charge in [0.2, 0.25) is 0 Å². The van der Waals surface area contributed by atoms with Crippen molar-refractivity contribution in [2.24, 2.45) is 0 Å². The quantitative estimate of drug-likeness (QED) is 0.406. The second kappa shape index (κ2) is 9.12. The molecule has 0 fully saturated rings. The van der Waals surface area contributed by atoms with Crippen LogP contribution in [0.25, 0.3) is 22.5 Å². The molecule has 0 aliphatic rings. The molecule has 0 unspecified atom stereocenters. The van der Waals surface area contributed by atoms with Crippen molar-refractivity contribution >= 4 is 0 Å². The molecule has 0 spiro atoms. The van der Waals surface area contributed by atoms with Crippen LogP contribution in [0, 0.1) is 0 Å². The lowest BCUT2D eigenvalue weighted by molar-refractivity contribution is 0.189. The van der Waals surface area contributed by atoms with Crippen molar-refractivity contribution in [3.05, 3.63) is 78.9 Å². The third-order valence-electron chi connectivity index (χ3n) is 4.54. The van der Waals surface area contributed by atoms with Gasteiger partial charge in [0.1, 0.15) is 11.5 Å². The summed E-state index contributed by atoms with van der Waals surface area (Å²) in [6.07, 6.45) is 0.849. The van der Waals surface area contributed by atoms with Gasteiger partial charge in [0.15, 0.2) is 5.82 Å². The smallest absolute Gasteiger partial charge is 0.182 e. The molecule has 0 aliphatic carbocycles. The monoisotopic (exact) mass is 386 g/mol. The molecule has 0 amide bonds. The largest absolute Gasteiger partial charge is 0.457 e. The summed E-state index contributed by atoms with van der Waals surface area (Å²) in [6, 6.07) is 26.0. The first-order chi connectivity index (χ1) is 14.3. The Kier molecular flexibility index (Phi) is 5.92. The van der Waals surface area contributed by atoms with Crippen molar-refractivity contribution < 1.29 is 9.47 Å². The second-order valence-electron chi connectivity index (χ2n) is 6.56. The SMILES string of the molecule is COCCCn1nnnc1-c1cccc(-c2ccccc2Oc2ccccc2)c1. The van der Waals surface area contributed by atoms with E-state index < -0.39 is 0 Å². The van der Waals surface area contributed by atoms with Gasteiger partial charge in [0.25, 0.3) is 0 Å². The van der Waals surface area contributed by atoms with Crippen LogP contribution < -0.4 is 4.74 Å². The van der Waals surface area contributed by atoms with E-state index in [4.69, 9.17) is 9.47 Å². The maximum Gasteiger partial charge on any atom is 0.182 e. The molecule has 3 aromatic carbocycles. The Hall–Kier alpha value is -3.51. The number of nitrogens with zero attached hydrogens (tertiary/aromatic N) is 4. The van der Waals surface area contributed by atoms with Gasteiger partial charge in [-0.3, -0.25) is 0 Å². The molecule has 146 valence electrons. The molecule has 0 radical (unpaired) electrons. The summed E-state index contributed by atoms with van der Waals surface area (Å²) in [7, 11) is 1.69. The number of aryl methyl sites for hydroxylation is 1. The van der Waals surface area contributed by atoms with Gasteiger partial charge >= 0.3 is 0 Å². The Labute approximate surface area is 169 Å². The van der Waals surface area contributed by atoms with Gasteiger partial charge in [-0.2, -0.15) is 0 Å². The lowest BCUT2D eigenvalue weighted by Crippen LogP contribution is -2.05. The van der Waals surface area contributed by atoms with Gasteiger partial charge in [0, 0.05) is 31.4 Å². The van der Waals surface area contributed by atoms with Crippen LogP contribution in [0.15, 0.2) is 78.9 Å². The van der Waals surface area contributed by atoms with Crippen LogP contribution in [-0.4, -0.2) is 33.9 Å². The average Bonchev–Trinajstić information content (AvgIpc) is 3.24. The molecular formula is C23H22N4O2. The minimum Gasteiger partial charge on any atom is -0.457 e. The van der Waals surface area contributed by atoms with Crippen molar-refractivity contribution in [1.29, 1.82) is 0 Å². The van der Waals surface area contributed by atoms with Crippen LogP contribution >= 0.6 is 0 Å². The molecule has 1 heterocycles. The number of ether oxygens (including phenoxy) is 2. The van der Waals surface area contributed by atoms with Crippen LogP contribution in [0.1, 0.15) is 6.42 Å². The third-order valence-corrected chi connectivity index (χ3v) is 4.54. The summed E-state index contributed by atoms with van der Waals surface area (Å²) in [5.74, 6) is 2.35. The topological polar surface area (TPSA) is 62.1 Å². The predicted octanol–water partition coefficient (Wildman–Crippen LogP) is 4.84. The molecule has 29 heavy (non-hydrogen) atoms. The maximum absolute atomic E-state index is 6.12. The fraction of sp³-hybridized carbons (Fsp3) is 0.174. The normalized spacial score (nSPS) is 10.8. The fourth-order valence-electron chi connectivity index (χ4n) is 3.16. The molecule has 0 aliphatic heterocycles. The molecule has 1 aromatic heterocycles. The summed E-state index contributed by atoms with van der Waals surface area (Å²) in [6.45, 7) is 1.37. The van der Waals surface area contributed by atoms with Gasteiger partial charge in [0.05, 0.1) is 0 Å². The fourth-order valence-corrected chi connectivity index (χ4v) is 3.16. The average molecular weight is 386 g/mol. The van der Waals surface area contributed by atoms with E-state index in [0.29, 0.717) is 13.2 Å². The molecule has 0 saturated heterocycles. The molecule has 0 atom stereocenters. The standard InChI is InChI=1S/C23H22N4O2/c1-28-16-8-15-27-23(24-25-26-27)19-10-7-9-18(17-19)21-13-5-6-14-22(21)29-20-11-3-2-4-12-20/h2-7,9-14,17H,8,15-16H2,1H3. The Morgan fingerprint density at radius 3 is 2.52 bits per heavy atom. The highest BCUT2D eigenvalue weighted by atomic mass is 16.5. The highest BCUT2D eigenvalue weighted by molar-refractivity contribution is 5.75. The van der Waals surface area contributed by atoms with Crippen molar-refractivity contribution in [2.45, 2.75) is 13.0 Å². The summed E-state index contributed by atoms with van der Waals surface area (Å²) < 4.78 is 13.1. The van der Waals surface area contributed by atoms with Gasteiger partial charge in [-0.15, -0.1) is 5.10 Å². The lowest BCUT2D eigenvalue weighted by Gasteiger charge is -2.12. The van der Waals surface area contributed by atoms with Crippen molar-refractivity contribution in [2.75, 3.05) is 13.7 Å². The molecule has 0 bridgehead atoms. The van der Waals surface area contributed by atoms with Crippen molar-refractivity contribution in [1.82, 2.24) is 20.2 Å². The Balaban J connectivity index is 1.65. The highest BCUT2D eigenvalue weighted by Gasteiger charge is 2.12. The number of hydrogen-bond donors (Lipinski definition) is 0. The maximum atomic E-state index is 6.12. The zero-order valence-corrected chi connectivity index (χ0v) is 16.2. The number of benzene rings is 3. The Morgan fingerprint density at radius 2 is 1.66 bits per heavy atom. The zero-order chi connectivity index (χ0) is 19.9. The summed E-state index contributed by atoms with van der Waals surface area (Å²) in [5, 5.41) is 12.2. The molecule has 4 aromatic rings. The molecule has 0 saturated carbocycles. The summed E-state index contributed by atoms with van der Waals surface area (Å²) in [4.78, 5) is 0. The molecule has 6 heteroatoms. The van der Waals surface area contributed by atoms with E-state index in [0.717, 1.165) is 40.4 Å². The third kappa shape index (κ3) is 4.50. The minimum absolute atomic E-state index is 0.670. The van der Waals surface area contributed by atoms with Gasteiger partial charge in [-0.25, -0.2) is 4.68 Å². The first-order valence-electron chi connectivity index (χ1n) is 9.53. The lowest BCUT2D eigenvalue weighted by atomic mass is 10.0. The number of aromatic nitrogens is 4. The van der Waals surface area contributed by atoms with Gasteiger partial charge in [-0.05, 0) is 46.7 Å². The second-order valence-corrected chi connectivity index (χ2v) is 6.56. The van der Waals surface area contributed by atoms with Crippen LogP contribution in [0.4, 0.5) is 0 Å². The Bertz CT molecular complexity index is 1060. The van der Waals surface area contributed by atoms with E-state index in [1.165, 1.54) is 0 Å². The number of methoxy groups -OCH3 is 1.